The van der Waals surface area contributed by atoms with Crippen molar-refractivity contribution in [2.24, 2.45) is 0 Å². The Kier molecular flexibility index (Phi) is 25.3. The van der Waals surface area contributed by atoms with Crippen molar-refractivity contribution in [3.05, 3.63) is 36.5 Å². The quantitative estimate of drug-likeness (QED) is 0.0405. The van der Waals surface area contributed by atoms with Crippen LogP contribution in [0.4, 0.5) is 0 Å². The molecular formula is C36H62O6. The van der Waals surface area contributed by atoms with Gasteiger partial charge in [0.15, 0.2) is 0 Å². The highest BCUT2D eigenvalue weighted by atomic mass is 16.6. The zero-order valence-corrected chi connectivity index (χ0v) is 26.9. The molecule has 1 aliphatic heterocycles. The third kappa shape index (κ3) is 24.7. The molecule has 6 heteroatoms. The standard InChI is InChI=1S/C36H62O6/c1-3-5-7-9-11-13-15-17-19-24-28-35(38)40-30-32(37)31-41-36(39)29-25-21-20-23-27-34-33(42-34)26-22-18-16-14-12-10-8-6-4-2/h12,14,18,20,22-23,32-34,37H,3-11,13,15-17,19,21,24-31H2,1-2H3/b14-12-,22-18-,23-20-/t32-,33?,34?/m1/s1. The molecule has 1 heterocycles. The third-order valence-corrected chi connectivity index (χ3v) is 7.53. The first-order valence-electron chi connectivity index (χ1n) is 17.2. The minimum absolute atomic E-state index is 0.136. The van der Waals surface area contributed by atoms with E-state index >= 15 is 0 Å². The Morgan fingerprint density at radius 1 is 0.619 bits per heavy atom. The number of aliphatic hydroxyl groups excluding tert-OH is 1. The van der Waals surface area contributed by atoms with E-state index < -0.39 is 6.10 Å². The summed E-state index contributed by atoms with van der Waals surface area (Å²) in [5.41, 5.74) is 0. The maximum atomic E-state index is 11.9. The lowest BCUT2D eigenvalue weighted by molar-refractivity contribution is -0.152. The Morgan fingerprint density at radius 3 is 1.69 bits per heavy atom. The fourth-order valence-corrected chi connectivity index (χ4v) is 4.77. The van der Waals surface area contributed by atoms with Gasteiger partial charge in [0.1, 0.15) is 19.3 Å². The topological polar surface area (TPSA) is 85.4 Å². The Hall–Kier alpha value is -1.92. The van der Waals surface area contributed by atoms with E-state index in [-0.39, 0.29) is 25.2 Å². The van der Waals surface area contributed by atoms with Gasteiger partial charge < -0.3 is 19.3 Å². The van der Waals surface area contributed by atoms with Gasteiger partial charge in [0.05, 0.1) is 12.2 Å². The molecule has 0 aromatic heterocycles. The van der Waals surface area contributed by atoms with Crippen molar-refractivity contribution in [3.8, 4) is 0 Å². The second-order valence-corrected chi connectivity index (χ2v) is 11.7. The van der Waals surface area contributed by atoms with Crippen LogP contribution in [0, 0.1) is 0 Å². The molecule has 1 rings (SSSR count). The fourth-order valence-electron chi connectivity index (χ4n) is 4.77. The van der Waals surface area contributed by atoms with Crippen LogP contribution < -0.4 is 0 Å². The van der Waals surface area contributed by atoms with Crippen molar-refractivity contribution < 1.29 is 28.9 Å². The summed E-state index contributed by atoms with van der Waals surface area (Å²) in [7, 11) is 0. The van der Waals surface area contributed by atoms with Gasteiger partial charge in [-0.3, -0.25) is 9.59 Å². The minimum atomic E-state index is -0.987. The molecule has 3 atom stereocenters. The first-order valence-corrected chi connectivity index (χ1v) is 17.2. The number of esters is 2. The lowest BCUT2D eigenvalue weighted by Gasteiger charge is -2.12. The summed E-state index contributed by atoms with van der Waals surface area (Å²) >= 11 is 0. The maximum Gasteiger partial charge on any atom is 0.305 e. The van der Waals surface area contributed by atoms with Gasteiger partial charge >= 0.3 is 11.9 Å². The van der Waals surface area contributed by atoms with Gasteiger partial charge in [0.25, 0.3) is 0 Å². The van der Waals surface area contributed by atoms with Crippen molar-refractivity contribution in [1.82, 2.24) is 0 Å². The molecular weight excluding hydrogens is 528 g/mol. The van der Waals surface area contributed by atoms with Crippen LogP contribution in [0.25, 0.3) is 0 Å². The number of unbranched alkanes of at least 4 members (excludes halogenated alkanes) is 13. The molecule has 6 nitrogen and oxygen atoms in total. The number of hydrogen-bond donors (Lipinski definition) is 1. The van der Waals surface area contributed by atoms with Crippen LogP contribution in [0.1, 0.15) is 149 Å². The van der Waals surface area contributed by atoms with Crippen molar-refractivity contribution in [2.75, 3.05) is 13.2 Å². The van der Waals surface area contributed by atoms with E-state index in [1.807, 2.05) is 0 Å². The SMILES string of the molecule is CCCCC/C=C\C/C=C\CC1OC1C/C=C\CCCC(=O)OC[C@H](O)COC(=O)CCCCCCCCCCCC. The lowest BCUT2D eigenvalue weighted by Crippen LogP contribution is -2.25. The smallest absolute Gasteiger partial charge is 0.305 e. The summed E-state index contributed by atoms with van der Waals surface area (Å²) in [4.78, 5) is 23.8. The summed E-state index contributed by atoms with van der Waals surface area (Å²) in [6.45, 7) is 4.18. The molecule has 0 aliphatic carbocycles. The monoisotopic (exact) mass is 590 g/mol. The zero-order valence-electron chi connectivity index (χ0n) is 26.9. The highest BCUT2D eigenvalue weighted by molar-refractivity contribution is 5.69. The van der Waals surface area contributed by atoms with E-state index in [1.165, 1.54) is 70.6 Å². The first kappa shape index (κ1) is 38.1. The summed E-state index contributed by atoms with van der Waals surface area (Å²) in [6, 6.07) is 0. The molecule has 1 aliphatic rings. The molecule has 1 saturated heterocycles. The number of carbonyl (C=O) groups excluding carboxylic acids is 2. The number of hydrogen-bond acceptors (Lipinski definition) is 6. The summed E-state index contributed by atoms with van der Waals surface area (Å²) < 4.78 is 16.0. The van der Waals surface area contributed by atoms with Crippen molar-refractivity contribution in [3.63, 3.8) is 0 Å². The molecule has 1 fully saturated rings. The molecule has 0 amide bonds. The van der Waals surface area contributed by atoms with Gasteiger partial charge in [-0.2, -0.15) is 0 Å². The third-order valence-electron chi connectivity index (χ3n) is 7.53. The minimum Gasteiger partial charge on any atom is -0.463 e. The molecule has 0 aromatic carbocycles. The van der Waals surface area contributed by atoms with Crippen LogP contribution in [0.2, 0.25) is 0 Å². The normalized spacial score (nSPS) is 17.4. The zero-order chi connectivity index (χ0) is 30.5. The molecule has 1 N–H and O–H groups in total. The molecule has 0 saturated carbocycles. The van der Waals surface area contributed by atoms with E-state index in [1.54, 1.807) is 0 Å². The number of aliphatic hydroxyl groups is 1. The number of ether oxygens (including phenoxy) is 3. The Balaban J connectivity index is 1.90. The average molecular weight is 591 g/mol. The number of carbonyl (C=O) groups is 2. The van der Waals surface area contributed by atoms with Gasteiger partial charge in [0.2, 0.25) is 0 Å². The largest absolute Gasteiger partial charge is 0.463 e. The van der Waals surface area contributed by atoms with Gasteiger partial charge in [-0.25, -0.2) is 0 Å². The molecule has 242 valence electrons. The highest BCUT2D eigenvalue weighted by Crippen LogP contribution is 2.29. The predicted octanol–water partition coefficient (Wildman–Crippen LogP) is 9.10. The van der Waals surface area contributed by atoms with Gasteiger partial charge in [-0.05, 0) is 51.4 Å². The second kappa shape index (κ2) is 27.9. The molecule has 42 heavy (non-hydrogen) atoms. The number of rotatable bonds is 29. The summed E-state index contributed by atoms with van der Waals surface area (Å²) in [5.74, 6) is -0.639. The predicted molar refractivity (Wildman–Crippen MR) is 172 cm³/mol. The van der Waals surface area contributed by atoms with Crippen LogP contribution in [0.3, 0.4) is 0 Å². The average Bonchev–Trinajstić information content (AvgIpc) is 3.74. The van der Waals surface area contributed by atoms with Gasteiger partial charge in [-0.1, -0.05) is 121 Å². The molecule has 0 aromatic rings. The van der Waals surface area contributed by atoms with E-state index in [0.29, 0.717) is 31.5 Å². The van der Waals surface area contributed by atoms with Crippen LogP contribution in [0.5, 0.6) is 0 Å². The summed E-state index contributed by atoms with van der Waals surface area (Å²) in [6.07, 6.45) is 35.1. The molecule has 0 spiro atoms. The van der Waals surface area contributed by atoms with E-state index in [9.17, 15) is 14.7 Å². The van der Waals surface area contributed by atoms with Gasteiger partial charge in [0, 0.05) is 12.8 Å². The Bertz CT molecular complexity index is 743. The van der Waals surface area contributed by atoms with Crippen LogP contribution in [-0.2, 0) is 23.8 Å². The lowest BCUT2D eigenvalue weighted by atomic mass is 10.1. The number of allylic oxidation sites excluding steroid dienone is 4. The Labute approximate surface area is 257 Å². The van der Waals surface area contributed by atoms with E-state index in [0.717, 1.165) is 44.9 Å². The fraction of sp³-hybridized carbons (Fsp3) is 0.778. The maximum absolute atomic E-state index is 11.9. The summed E-state index contributed by atoms with van der Waals surface area (Å²) in [5, 5.41) is 9.96. The molecule has 0 bridgehead atoms. The Morgan fingerprint density at radius 2 is 1.07 bits per heavy atom. The highest BCUT2D eigenvalue weighted by Gasteiger charge is 2.35. The van der Waals surface area contributed by atoms with Crippen LogP contribution in [0.15, 0.2) is 36.5 Å². The van der Waals surface area contributed by atoms with Gasteiger partial charge in [-0.15, -0.1) is 0 Å². The number of epoxide rings is 1. The van der Waals surface area contributed by atoms with E-state index in [2.05, 4.69) is 50.3 Å². The van der Waals surface area contributed by atoms with Crippen LogP contribution >= 0.6 is 0 Å². The first-order chi connectivity index (χ1) is 20.6. The van der Waals surface area contributed by atoms with E-state index in [4.69, 9.17) is 14.2 Å². The second-order valence-electron chi connectivity index (χ2n) is 11.7. The van der Waals surface area contributed by atoms with Crippen molar-refractivity contribution >= 4 is 11.9 Å². The van der Waals surface area contributed by atoms with Crippen molar-refractivity contribution in [2.45, 2.75) is 167 Å². The van der Waals surface area contributed by atoms with Crippen molar-refractivity contribution in [1.29, 1.82) is 0 Å². The van der Waals surface area contributed by atoms with Crippen LogP contribution in [-0.4, -0.2) is 48.6 Å². The molecule has 2 unspecified atom stereocenters. The molecule has 0 radical (unpaired) electrons.